The summed E-state index contributed by atoms with van der Waals surface area (Å²) in [6, 6.07) is 27.0. The topological polar surface area (TPSA) is 36.4 Å². The zero-order valence-corrected chi connectivity index (χ0v) is 18.5. The van der Waals surface area contributed by atoms with Crippen LogP contribution in [-0.4, -0.2) is 46.4 Å². The van der Waals surface area contributed by atoms with Gasteiger partial charge in [-0.2, -0.15) is 0 Å². The maximum Gasteiger partial charge on any atom is 0.234 e. The van der Waals surface area contributed by atoms with Crippen molar-refractivity contribution >= 4 is 5.91 Å². The standard InChI is InChI=1S/C28H31N3O/c32-28(27(22-10-3-1-4-11-22)23-12-5-2-6-13-23)31-18-9-14-24-20-30(19-16-26(24)31)21-25-15-7-8-17-29-25/h1-8,10-13,15,17,24,26-27H,9,14,16,18-21H2/t24-,26+/m1/s1. The second kappa shape index (κ2) is 9.66. The highest BCUT2D eigenvalue weighted by molar-refractivity contribution is 5.87. The van der Waals surface area contributed by atoms with Gasteiger partial charge in [0.05, 0.1) is 11.6 Å². The summed E-state index contributed by atoms with van der Waals surface area (Å²) < 4.78 is 0. The van der Waals surface area contributed by atoms with Gasteiger partial charge in [0.1, 0.15) is 0 Å². The Bertz CT molecular complexity index is 969. The summed E-state index contributed by atoms with van der Waals surface area (Å²) in [5, 5.41) is 0. The van der Waals surface area contributed by atoms with Crippen molar-refractivity contribution in [3.63, 3.8) is 0 Å². The third-order valence-corrected chi connectivity index (χ3v) is 7.06. The Balaban J connectivity index is 1.35. The molecular formula is C28H31N3O. The lowest BCUT2D eigenvalue weighted by molar-refractivity contribution is -0.139. The van der Waals surface area contributed by atoms with Crippen LogP contribution in [0.25, 0.3) is 0 Å². The second-order valence-corrected chi connectivity index (χ2v) is 9.10. The number of hydrogen-bond donors (Lipinski definition) is 0. The molecule has 2 aromatic carbocycles. The monoisotopic (exact) mass is 425 g/mol. The van der Waals surface area contributed by atoms with E-state index in [-0.39, 0.29) is 11.8 Å². The van der Waals surface area contributed by atoms with Gasteiger partial charge in [0.15, 0.2) is 0 Å². The second-order valence-electron chi connectivity index (χ2n) is 9.10. The van der Waals surface area contributed by atoms with Crippen molar-refractivity contribution in [3.05, 3.63) is 102 Å². The molecule has 0 bridgehead atoms. The van der Waals surface area contributed by atoms with Crippen molar-refractivity contribution in [2.24, 2.45) is 5.92 Å². The molecule has 0 saturated carbocycles. The summed E-state index contributed by atoms with van der Waals surface area (Å²) in [5.41, 5.74) is 3.29. The van der Waals surface area contributed by atoms with Crippen molar-refractivity contribution in [2.45, 2.75) is 37.8 Å². The van der Waals surface area contributed by atoms with Crippen LogP contribution in [0.4, 0.5) is 0 Å². The van der Waals surface area contributed by atoms with Gasteiger partial charge in [-0.3, -0.25) is 14.7 Å². The molecule has 32 heavy (non-hydrogen) atoms. The molecule has 0 aliphatic carbocycles. The van der Waals surface area contributed by atoms with Crippen LogP contribution >= 0.6 is 0 Å². The van der Waals surface area contributed by atoms with Gasteiger partial charge in [-0.25, -0.2) is 0 Å². The third kappa shape index (κ3) is 4.46. The molecule has 3 aromatic rings. The number of benzene rings is 2. The number of hydrogen-bond acceptors (Lipinski definition) is 3. The van der Waals surface area contributed by atoms with Gasteiger partial charge >= 0.3 is 0 Å². The van der Waals surface area contributed by atoms with Crippen molar-refractivity contribution in [3.8, 4) is 0 Å². The van der Waals surface area contributed by atoms with Gasteiger partial charge in [0.2, 0.25) is 5.91 Å². The minimum atomic E-state index is -0.234. The van der Waals surface area contributed by atoms with Gasteiger partial charge < -0.3 is 4.90 Å². The molecule has 3 heterocycles. The van der Waals surface area contributed by atoms with Crippen LogP contribution in [0, 0.1) is 5.92 Å². The molecule has 2 saturated heterocycles. The molecule has 0 spiro atoms. The first kappa shape index (κ1) is 20.9. The minimum absolute atomic E-state index is 0.234. The van der Waals surface area contributed by atoms with E-state index in [1.165, 1.54) is 6.42 Å². The third-order valence-electron chi connectivity index (χ3n) is 7.06. The summed E-state index contributed by atoms with van der Waals surface area (Å²) in [6.45, 7) is 3.83. The maximum atomic E-state index is 14.0. The quantitative estimate of drug-likeness (QED) is 0.593. The van der Waals surface area contributed by atoms with Gasteiger partial charge in [0, 0.05) is 38.4 Å². The fraction of sp³-hybridized carbons (Fsp3) is 0.357. The Kier molecular flexibility index (Phi) is 6.31. The highest BCUT2D eigenvalue weighted by Crippen LogP contribution is 2.35. The van der Waals surface area contributed by atoms with E-state index in [2.05, 4.69) is 51.2 Å². The molecule has 2 atom stereocenters. The van der Waals surface area contributed by atoms with Gasteiger partial charge in [0.25, 0.3) is 0 Å². The first-order valence-corrected chi connectivity index (χ1v) is 11.8. The number of aromatic nitrogens is 1. The fourth-order valence-corrected chi connectivity index (χ4v) is 5.55. The molecule has 164 valence electrons. The largest absolute Gasteiger partial charge is 0.339 e. The number of likely N-dealkylation sites (tertiary alicyclic amines) is 2. The SMILES string of the molecule is O=C(C(c1ccccc1)c1ccccc1)N1CCC[C@@H]2CN(Cc3ccccn3)CC[C@@H]21. The minimum Gasteiger partial charge on any atom is -0.339 e. The number of carbonyl (C=O) groups is 1. The maximum absolute atomic E-state index is 14.0. The van der Waals surface area contributed by atoms with Gasteiger partial charge in [-0.05, 0) is 48.4 Å². The van der Waals surface area contributed by atoms with Crippen molar-refractivity contribution in [1.29, 1.82) is 0 Å². The van der Waals surface area contributed by atoms with E-state index in [1.807, 2.05) is 48.7 Å². The molecule has 0 N–H and O–H groups in total. The lowest BCUT2D eigenvalue weighted by Crippen LogP contribution is -2.56. The van der Waals surface area contributed by atoms with Crippen molar-refractivity contribution in [2.75, 3.05) is 19.6 Å². The Morgan fingerprint density at radius 3 is 2.22 bits per heavy atom. The van der Waals surface area contributed by atoms with E-state index < -0.39 is 0 Å². The predicted molar refractivity (Wildman–Crippen MR) is 127 cm³/mol. The Morgan fingerprint density at radius 2 is 1.56 bits per heavy atom. The summed E-state index contributed by atoms with van der Waals surface area (Å²) in [4.78, 5) is 23.3. The smallest absolute Gasteiger partial charge is 0.234 e. The number of amides is 1. The van der Waals surface area contributed by atoms with E-state index in [4.69, 9.17) is 0 Å². The molecule has 0 radical (unpaired) electrons. The van der Waals surface area contributed by atoms with E-state index in [0.29, 0.717) is 12.0 Å². The van der Waals surface area contributed by atoms with Crippen LogP contribution < -0.4 is 0 Å². The van der Waals surface area contributed by atoms with E-state index >= 15 is 0 Å². The number of carbonyl (C=O) groups excluding carboxylic acids is 1. The highest BCUT2D eigenvalue weighted by Gasteiger charge is 2.40. The molecule has 2 aliphatic rings. The molecule has 0 unspecified atom stereocenters. The molecule has 4 heteroatoms. The average Bonchev–Trinajstić information content (AvgIpc) is 2.85. The van der Waals surface area contributed by atoms with E-state index in [1.54, 1.807) is 0 Å². The van der Waals surface area contributed by atoms with Crippen LogP contribution in [-0.2, 0) is 11.3 Å². The normalized spacial score (nSPS) is 21.3. The summed E-state index contributed by atoms with van der Waals surface area (Å²) in [5.74, 6) is 0.565. The zero-order chi connectivity index (χ0) is 21.8. The lowest BCUT2D eigenvalue weighted by Gasteiger charge is -2.48. The first-order chi connectivity index (χ1) is 15.8. The molecule has 1 aromatic heterocycles. The molecule has 1 amide bonds. The van der Waals surface area contributed by atoms with Crippen molar-refractivity contribution in [1.82, 2.24) is 14.8 Å². The molecular weight excluding hydrogens is 394 g/mol. The number of pyridine rings is 1. The van der Waals surface area contributed by atoms with Gasteiger partial charge in [-0.1, -0.05) is 66.7 Å². The van der Waals surface area contributed by atoms with Crippen LogP contribution in [0.3, 0.4) is 0 Å². The number of nitrogens with zero attached hydrogens (tertiary/aromatic N) is 3. The Hall–Kier alpha value is -2.98. The van der Waals surface area contributed by atoms with Gasteiger partial charge in [-0.15, -0.1) is 0 Å². The Morgan fingerprint density at radius 1 is 0.875 bits per heavy atom. The summed E-state index contributed by atoms with van der Waals surface area (Å²) in [7, 11) is 0. The van der Waals surface area contributed by atoms with Crippen LogP contribution in [0.1, 0.15) is 42.0 Å². The van der Waals surface area contributed by atoms with E-state index in [0.717, 1.165) is 55.8 Å². The first-order valence-electron chi connectivity index (χ1n) is 11.8. The summed E-state index contributed by atoms with van der Waals surface area (Å²) >= 11 is 0. The zero-order valence-electron chi connectivity index (χ0n) is 18.5. The van der Waals surface area contributed by atoms with Crippen LogP contribution in [0.5, 0.6) is 0 Å². The van der Waals surface area contributed by atoms with E-state index in [9.17, 15) is 4.79 Å². The van der Waals surface area contributed by atoms with Crippen LogP contribution in [0.15, 0.2) is 85.1 Å². The number of fused-ring (bicyclic) bond motifs is 1. The number of rotatable bonds is 5. The van der Waals surface area contributed by atoms with Crippen molar-refractivity contribution < 1.29 is 4.79 Å². The summed E-state index contributed by atoms with van der Waals surface area (Å²) in [6.07, 6.45) is 5.20. The lowest BCUT2D eigenvalue weighted by atomic mass is 9.81. The molecule has 2 fully saturated rings. The molecule has 4 nitrogen and oxygen atoms in total. The average molecular weight is 426 g/mol. The van der Waals surface area contributed by atoms with Crippen LogP contribution in [0.2, 0.25) is 0 Å². The highest BCUT2D eigenvalue weighted by atomic mass is 16.2. The Labute approximate surface area is 190 Å². The molecule has 5 rings (SSSR count). The number of piperidine rings is 2. The fourth-order valence-electron chi connectivity index (χ4n) is 5.55. The molecule has 2 aliphatic heterocycles. The predicted octanol–water partition coefficient (Wildman–Crippen LogP) is 4.73.